The minimum atomic E-state index is 0.0426. The highest BCUT2D eigenvalue weighted by atomic mass is 16.5. The van der Waals surface area contributed by atoms with Gasteiger partial charge in [0, 0.05) is 26.4 Å². The number of ether oxygens (including phenoxy) is 1. The van der Waals surface area contributed by atoms with Gasteiger partial charge in [-0.25, -0.2) is 4.98 Å². The van der Waals surface area contributed by atoms with Gasteiger partial charge in [0.05, 0.1) is 13.2 Å². The van der Waals surface area contributed by atoms with Crippen LogP contribution in [0.15, 0.2) is 12.1 Å². The molecule has 0 saturated heterocycles. The van der Waals surface area contributed by atoms with Crippen LogP contribution in [0.5, 0.6) is 0 Å². The van der Waals surface area contributed by atoms with E-state index in [0.29, 0.717) is 6.61 Å². The summed E-state index contributed by atoms with van der Waals surface area (Å²) in [5.41, 5.74) is 1.75. The van der Waals surface area contributed by atoms with Crippen molar-refractivity contribution < 1.29 is 9.84 Å². The van der Waals surface area contributed by atoms with E-state index in [2.05, 4.69) is 4.98 Å². The molecule has 0 bridgehead atoms. The van der Waals surface area contributed by atoms with Gasteiger partial charge in [0.1, 0.15) is 5.82 Å². The lowest BCUT2D eigenvalue weighted by molar-refractivity contribution is 0.206. The van der Waals surface area contributed by atoms with Crippen molar-refractivity contribution in [1.82, 2.24) is 4.98 Å². The number of hydrogen-bond donors (Lipinski definition) is 1. The van der Waals surface area contributed by atoms with Gasteiger partial charge >= 0.3 is 0 Å². The lowest BCUT2D eigenvalue weighted by Gasteiger charge is -2.18. The van der Waals surface area contributed by atoms with Gasteiger partial charge in [-0.05, 0) is 18.6 Å². The highest BCUT2D eigenvalue weighted by Gasteiger charge is 2.04. The highest BCUT2D eigenvalue weighted by Crippen LogP contribution is 2.13. The number of methoxy groups -OCH3 is 1. The molecular formula is C11H18N2O2. The third kappa shape index (κ3) is 3.18. The first-order chi connectivity index (χ1) is 7.19. The first-order valence-corrected chi connectivity index (χ1v) is 4.96. The SMILES string of the molecule is COCCN(C)c1ccc(CO)c(C)n1. The van der Waals surface area contributed by atoms with Gasteiger partial charge in [0.25, 0.3) is 0 Å². The summed E-state index contributed by atoms with van der Waals surface area (Å²) in [6.07, 6.45) is 0. The summed E-state index contributed by atoms with van der Waals surface area (Å²) in [6.45, 7) is 3.43. The van der Waals surface area contributed by atoms with Crippen LogP contribution in [0.1, 0.15) is 11.3 Å². The Bertz CT molecular complexity index is 315. The first-order valence-electron chi connectivity index (χ1n) is 4.96. The summed E-state index contributed by atoms with van der Waals surface area (Å²) in [5, 5.41) is 9.02. The Labute approximate surface area is 90.5 Å². The molecule has 4 nitrogen and oxygen atoms in total. The third-order valence-corrected chi connectivity index (χ3v) is 2.37. The zero-order valence-electron chi connectivity index (χ0n) is 9.53. The van der Waals surface area contributed by atoms with Gasteiger partial charge in [0.15, 0.2) is 0 Å². The predicted octanol–water partition coefficient (Wildman–Crippen LogP) is 0.965. The van der Waals surface area contributed by atoms with E-state index in [1.54, 1.807) is 7.11 Å². The Kier molecular flexibility index (Phi) is 4.52. The Balaban J connectivity index is 2.73. The molecule has 4 heteroatoms. The van der Waals surface area contributed by atoms with Crippen molar-refractivity contribution in [3.63, 3.8) is 0 Å². The van der Waals surface area contributed by atoms with Crippen molar-refractivity contribution >= 4 is 5.82 Å². The number of anilines is 1. The summed E-state index contributed by atoms with van der Waals surface area (Å²) in [7, 11) is 3.65. The van der Waals surface area contributed by atoms with Gasteiger partial charge in [-0.2, -0.15) is 0 Å². The van der Waals surface area contributed by atoms with Crippen LogP contribution in [0.3, 0.4) is 0 Å². The second-order valence-corrected chi connectivity index (χ2v) is 3.49. The van der Waals surface area contributed by atoms with Crippen LogP contribution < -0.4 is 4.90 Å². The Morgan fingerprint density at radius 1 is 1.47 bits per heavy atom. The quantitative estimate of drug-likeness (QED) is 0.786. The summed E-state index contributed by atoms with van der Waals surface area (Å²) in [6, 6.07) is 3.81. The Morgan fingerprint density at radius 3 is 2.73 bits per heavy atom. The molecule has 0 atom stereocenters. The summed E-state index contributed by atoms with van der Waals surface area (Å²) in [5.74, 6) is 0.904. The third-order valence-electron chi connectivity index (χ3n) is 2.37. The molecule has 1 rings (SSSR count). The largest absolute Gasteiger partial charge is 0.392 e. The predicted molar refractivity (Wildman–Crippen MR) is 60.0 cm³/mol. The standard InChI is InChI=1S/C11H18N2O2/c1-9-10(8-14)4-5-11(12-9)13(2)6-7-15-3/h4-5,14H,6-8H2,1-3H3. The zero-order chi connectivity index (χ0) is 11.3. The second kappa shape index (κ2) is 5.68. The highest BCUT2D eigenvalue weighted by molar-refractivity contribution is 5.40. The van der Waals surface area contributed by atoms with Gasteiger partial charge in [0.2, 0.25) is 0 Å². The number of rotatable bonds is 5. The molecule has 1 heterocycles. The molecule has 15 heavy (non-hydrogen) atoms. The lowest BCUT2D eigenvalue weighted by Crippen LogP contribution is -2.23. The molecule has 1 N–H and O–H groups in total. The van der Waals surface area contributed by atoms with E-state index in [1.807, 2.05) is 31.0 Å². The molecule has 0 aliphatic carbocycles. The van der Waals surface area contributed by atoms with Crippen LogP contribution in [-0.4, -0.2) is 37.4 Å². The summed E-state index contributed by atoms with van der Waals surface area (Å²) >= 11 is 0. The average molecular weight is 210 g/mol. The normalized spacial score (nSPS) is 10.4. The van der Waals surface area contributed by atoms with Crippen LogP contribution in [-0.2, 0) is 11.3 Å². The number of aryl methyl sites for hydroxylation is 1. The van der Waals surface area contributed by atoms with E-state index in [0.717, 1.165) is 23.6 Å². The van der Waals surface area contributed by atoms with E-state index in [9.17, 15) is 0 Å². The zero-order valence-corrected chi connectivity index (χ0v) is 9.53. The average Bonchev–Trinajstić information content (AvgIpc) is 2.25. The fraction of sp³-hybridized carbons (Fsp3) is 0.545. The maximum atomic E-state index is 9.02. The van der Waals surface area contributed by atoms with E-state index in [-0.39, 0.29) is 6.61 Å². The number of aromatic nitrogens is 1. The van der Waals surface area contributed by atoms with E-state index in [4.69, 9.17) is 9.84 Å². The van der Waals surface area contributed by atoms with E-state index >= 15 is 0 Å². The van der Waals surface area contributed by atoms with Crippen molar-refractivity contribution in [3.05, 3.63) is 23.4 Å². The number of pyridine rings is 1. The topological polar surface area (TPSA) is 45.6 Å². The Morgan fingerprint density at radius 2 is 2.20 bits per heavy atom. The molecule has 0 aromatic carbocycles. The molecular weight excluding hydrogens is 192 g/mol. The summed E-state index contributed by atoms with van der Waals surface area (Å²) < 4.78 is 5.00. The van der Waals surface area contributed by atoms with Crippen LogP contribution in [0.4, 0.5) is 5.82 Å². The maximum absolute atomic E-state index is 9.02. The van der Waals surface area contributed by atoms with Crippen molar-refractivity contribution in [1.29, 1.82) is 0 Å². The fourth-order valence-electron chi connectivity index (χ4n) is 1.30. The number of aliphatic hydroxyl groups is 1. The van der Waals surface area contributed by atoms with Crippen molar-refractivity contribution in [2.24, 2.45) is 0 Å². The van der Waals surface area contributed by atoms with Crippen molar-refractivity contribution in [3.8, 4) is 0 Å². The molecule has 0 radical (unpaired) electrons. The molecule has 0 unspecified atom stereocenters. The summed E-state index contributed by atoms with van der Waals surface area (Å²) in [4.78, 5) is 6.43. The van der Waals surface area contributed by atoms with Gasteiger partial charge in [-0.3, -0.25) is 0 Å². The minimum Gasteiger partial charge on any atom is -0.392 e. The molecule has 1 aromatic heterocycles. The molecule has 0 saturated carbocycles. The molecule has 0 fully saturated rings. The second-order valence-electron chi connectivity index (χ2n) is 3.49. The van der Waals surface area contributed by atoms with Crippen LogP contribution >= 0.6 is 0 Å². The lowest BCUT2D eigenvalue weighted by atomic mass is 10.2. The number of aliphatic hydroxyl groups excluding tert-OH is 1. The molecule has 0 amide bonds. The van der Waals surface area contributed by atoms with Crippen LogP contribution in [0.25, 0.3) is 0 Å². The van der Waals surface area contributed by atoms with Crippen molar-refractivity contribution in [2.75, 3.05) is 32.2 Å². The van der Waals surface area contributed by atoms with Gasteiger partial charge in [-0.1, -0.05) is 6.07 Å². The van der Waals surface area contributed by atoms with Crippen LogP contribution in [0.2, 0.25) is 0 Å². The van der Waals surface area contributed by atoms with E-state index in [1.165, 1.54) is 0 Å². The molecule has 0 spiro atoms. The number of nitrogens with zero attached hydrogens (tertiary/aromatic N) is 2. The van der Waals surface area contributed by atoms with Gasteiger partial charge < -0.3 is 14.7 Å². The van der Waals surface area contributed by atoms with Crippen LogP contribution in [0, 0.1) is 6.92 Å². The molecule has 0 aliphatic heterocycles. The first kappa shape index (κ1) is 11.9. The number of likely N-dealkylation sites (N-methyl/N-ethyl adjacent to an activating group) is 1. The molecule has 1 aromatic rings. The smallest absolute Gasteiger partial charge is 0.128 e. The fourth-order valence-corrected chi connectivity index (χ4v) is 1.30. The monoisotopic (exact) mass is 210 g/mol. The van der Waals surface area contributed by atoms with Gasteiger partial charge in [-0.15, -0.1) is 0 Å². The number of hydrogen-bond acceptors (Lipinski definition) is 4. The van der Waals surface area contributed by atoms with Crippen molar-refractivity contribution in [2.45, 2.75) is 13.5 Å². The molecule has 84 valence electrons. The Hall–Kier alpha value is -1.13. The van der Waals surface area contributed by atoms with E-state index < -0.39 is 0 Å². The minimum absolute atomic E-state index is 0.0426. The molecule has 0 aliphatic rings. The maximum Gasteiger partial charge on any atom is 0.128 e.